The van der Waals surface area contributed by atoms with Gasteiger partial charge in [-0.2, -0.15) is 0 Å². The third kappa shape index (κ3) is 4.57. The maximum atomic E-state index is 13.3. The Morgan fingerprint density at radius 3 is 2.44 bits per heavy atom. The van der Waals surface area contributed by atoms with Crippen molar-refractivity contribution in [3.05, 3.63) is 102 Å². The number of aromatic nitrogens is 1. The normalized spacial score (nSPS) is 13.8. The van der Waals surface area contributed by atoms with Crippen molar-refractivity contribution in [2.45, 2.75) is 13.5 Å². The van der Waals surface area contributed by atoms with Gasteiger partial charge in [0.2, 0.25) is 0 Å². The monoisotopic (exact) mass is 454 g/mol. The van der Waals surface area contributed by atoms with Crippen molar-refractivity contribution in [3.63, 3.8) is 0 Å². The third-order valence-corrected chi connectivity index (χ3v) is 6.48. The minimum absolute atomic E-state index is 0.0962. The number of amides is 1. The molecule has 1 aromatic heterocycles. The van der Waals surface area contributed by atoms with E-state index in [0.717, 1.165) is 59.6 Å². The highest BCUT2D eigenvalue weighted by Gasteiger charge is 2.20. The van der Waals surface area contributed by atoms with Crippen LogP contribution in [0.15, 0.2) is 79.0 Å². The van der Waals surface area contributed by atoms with Gasteiger partial charge in [0.1, 0.15) is 11.6 Å². The lowest BCUT2D eigenvalue weighted by atomic mass is 10.1. The first kappa shape index (κ1) is 21.9. The Kier molecular flexibility index (Phi) is 6.12. The number of piperazine rings is 1. The maximum Gasteiger partial charge on any atom is 0.251 e. The molecule has 2 heterocycles. The molecule has 3 aromatic carbocycles. The van der Waals surface area contributed by atoms with E-state index in [9.17, 15) is 9.18 Å². The minimum Gasteiger partial charge on any atom is -0.368 e. The van der Waals surface area contributed by atoms with E-state index in [4.69, 9.17) is 0 Å². The van der Waals surface area contributed by atoms with Gasteiger partial charge in [0.25, 0.3) is 5.91 Å². The first-order valence-corrected chi connectivity index (χ1v) is 11.6. The number of halogens is 1. The predicted molar refractivity (Wildman–Crippen MR) is 135 cm³/mol. The Hall–Kier alpha value is -3.93. The zero-order valence-corrected chi connectivity index (χ0v) is 19.2. The Labute approximate surface area is 198 Å². The average molecular weight is 455 g/mol. The summed E-state index contributed by atoms with van der Waals surface area (Å²) in [6.45, 7) is 5.78. The van der Waals surface area contributed by atoms with Crippen molar-refractivity contribution < 1.29 is 9.18 Å². The summed E-state index contributed by atoms with van der Waals surface area (Å²) < 4.78 is 13.3. The first-order chi connectivity index (χ1) is 16.6. The van der Waals surface area contributed by atoms with E-state index in [1.807, 2.05) is 73.8 Å². The van der Waals surface area contributed by atoms with Crippen molar-refractivity contribution in [1.82, 2.24) is 10.3 Å². The van der Waals surface area contributed by atoms with Gasteiger partial charge >= 0.3 is 0 Å². The van der Waals surface area contributed by atoms with Crippen molar-refractivity contribution in [1.29, 1.82) is 0 Å². The van der Waals surface area contributed by atoms with E-state index in [-0.39, 0.29) is 11.7 Å². The molecule has 1 aliphatic heterocycles. The van der Waals surface area contributed by atoms with E-state index >= 15 is 0 Å². The third-order valence-electron chi connectivity index (χ3n) is 6.48. The van der Waals surface area contributed by atoms with Crippen LogP contribution in [0.1, 0.15) is 21.5 Å². The zero-order chi connectivity index (χ0) is 23.5. The lowest BCUT2D eigenvalue weighted by molar-refractivity contribution is 0.0951. The van der Waals surface area contributed by atoms with Crippen LogP contribution in [0.25, 0.3) is 10.8 Å². The zero-order valence-electron chi connectivity index (χ0n) is 19.2. The number of carbonyl (C=O) groups is 1. The molecule has 0 spiro atoms. The van der Waals surface area contributed by atoms with Crippen LogP contribution in [-0.2, 0) is 6.54 Å². The second kappa shape index (κ2) is 9.51. The van der Waals surface area contributed by atoms with Gasteiger partial charge in [-0.05, 0) is 65.9 Å². The fourth-order valence-electron chi connectivity index (χ4n) is 4.46. The Morgan fingerprint density at radius 2 is 1.68 bits per heavy atom. The van der Waals surface area contributed by atoms with Crippen molar-refractivity contribution in [2.75, 3.05) is 36.0 Å². The fraction of sp³-hybridized carbons (Fsp3) is 0.214. The number of hydrogen-bond donors (Lipinski definition) is 1. The highest BCUT2D eigenvalue weighted by Crippen LogP contribution is 2.27. The predicted octanol–water partition coefficient (Wildman–Crippen LogP) is 4.94. The molecule has 172 valence electrons. The molecule has 1 fully saturated rings. The quantitative estimate of drug-likeness (QED) is 0.464. The molecule has 5 nitrogen and oxygen atoms in total. The molecule has 1 N–H and O–H groups in total. The summed E-state index contributed by atoms with van der Waals surface area (Å²) in [6, 6.07) is 22.5. The van der Waals surface area contributed by atoms with Crippen LogP contribution in [0.3, 0.4) is 0 Å². The molecule has 5 rings (SSSR count). The molecular formula is C28H27FN4O. The van der Waals surface area contributed by atoms with Gasteiger partial charge in [0, 0.05) is 55.6 Å². The van der Waals surface area contributed by atoms with Crippen LogP contribution < -0.4 is 15.1 Å². The Balaban J connectivity index is 1.32. The van der Waals surface area contributed by atoms with Gasteiger partial charge in [0.15, 0.2) is 0 Å². The van der Waals surface area contributed by atoms with Crippen LogP contribution in [0.5, 0.6) is 0 Å². The molecule has 6 heteroatoms. The summed E-state index contributed by atoms with van der Waals surface area (Å²) in [7, 11) is 0. The smallest absolute Gasteiger partial charge is 0.251 e. The fourth-order valence-corrected chi connectivity index (χ4v) is 4.46. The molecule has 0 bridgehead atoms. The van der Waals surface area contributed by atoms with Gasteiger partial charge in [-0.1, -0.05) is 30.3 Å². The molecular weight excluding hydrogens is 427 g/mol. The Bertz CT molecular complexity index is 1310. The summed E-state index contributed by atoms with van der Waals surface area (Å²) in [5, 5.41) is 5.07. The van der Waals surface area contributed by atoms with Gasteiger partial charge in [-0.3, -0.25) is 4.79 Å². The molecule has 0 aliphatic carbocycles. The summed E-state index contributed by atoms with van der Waals surface area (Å²) in [6.07, 6.45) is 1.82. The molecule has 0 radical (unpaired) electrons. The van der Waals surface area contributed by atoms with Gasteiger partial charge in [0.05, 0.1) is 0 Å². The standard InChI is InChI=1S/C28H27FN4O/c1-20-4-2-3-5-23(20)19-31-28(34)22-7-6-21-12-13-30-27(26(21)18-22)33-16-14-32(15-17-33)25-10-8-24(29)9-11-25/h2-13,18H,14-17,19H2,1H3,(H,31,34). The number of rotatable bonds is 5. The van der Waals surface area contributed by atoms with Gasteiger partial charge in [-0.15, -0.1) is 0 Å². The molecule has 0 unspecified atom stereocenters. The minimum atomic E-state index is -0.221. The Morgan fingerprint density at radius 1 is 0.941 bits per heavy atom. The highest BCUT2D eigenvalue weighted by molar-refractivity contribution is 6.01. The lowest BCUT2D eigenvalue weighted by Gasteiger charge is -2.37. The van der Waals surface area contributed by atoms with Crippen LogP contribution in [0.4, 0.5) is 15.9 Å². The molecule has 1 saturated heterocycles. The number of hydrogen-bond acceptors (Lipinski definition) is 4. The second-order valence-electron chi connectivity index (χ2n) is 8.63. The van der Waals surface area contributed by atoms with Crippen molar-refractivity contribution >= 4 is 28.2 Å². The molecule has 1 aliphatic rings. The van der Waals surface area contributed by atoms with E-state index in [1.165, 1.54) is 12.1 Å². The van der Waals surface area contributed by atoms with Crippen LogP contribution >= 0.6 is 0 Å². The highest BCUT2D eigenvalue weighted by atomic mass is 19.1. The number of fused-ring (bicyclic) bond motifs is 1. The summed E-state index contributed by atoms with van der Waals surface area (Å²) in [5.74, 6) is 0.576. The SMILES string of the molecule is Cc1ccccc1CNC(=O)c1ccc2ccnc(N3CCN(c4ccc(F)cc4)CC3)c2c1. The summed E-state index contributed by atoms with van der Waals surface area (Å²) in [5.41, 5.74) is 3.92. The number of nitrogens with zero attached hydrogens (tertiary/aromatic N) is 3. The maximum absolute atomic E-state index is 13.3. The molecule has 34 heavy (non-hydrogen) atoms. The first-order valence-electron chi connectivity index (χ1n) is 11.6. The average Bonchev–Trinajstić information content (AvgIpc) is 2.88. The number of anilines is 2. The van der Waals surface area contributed by atoms with Gasteiger partial charge in [-0.25, -0.2) is 9.37 Å². The molecule has 0 saturated carbocycles. The van der Waals surface area contributed by atoms with Crippen LogP contribution in [0, 0.1) is 12.7 Å². The largest absolute Gasteiger partial charge is 0.368 e. The number of carbonyl (C=O) groups excluding carboxylic acids is 1. The number of aryl methyl sites for hydroxylation is 1. The van der Waals surface area contributed by atoms with Crippen molar-refractivity contribution in [3.8, 4) is 0 Å². The number of pyridine rings is 1. The van der Waals surface area contributed by atoms with E-state index in [2.05, 4.69) is 20.1 Å². The second-order valence-corrected chi connectivity index (χ2v) is 8.63. The topological polar surface area (TPSA) is 48.5 Å². The van der Waals surface area contributed by atoms with Crippen molar-refractivity contribution in [2.24, 2.45) is 0 Å². The number of benzene rings is 3. The van der Waals surface area contributed by atoms with E-state index in [1.54, 1.807) is 0 Å². The summed E-state index contributed by atoms with van der Waals surface area (Å²) in [4.78, 5) is 22.1. The molecule has 4 aromatic rings. The number of nitrogens with one attached hydrogen (secondary N) is 1. The van der Waals surface area contributed by atoms with E-state index < -0.39 is 0 Å². The van der Waals surface area contributed by atoms with Crippen LogP contribution in [-0.4, -0.2) is 37.1 Å². The van der Waals surface area contributed by atoms with Gasteiger partial charge < -0.3 is 15.1 Å². The molecule has 0 atom stereocenters. The van der Waals surface area contributed by atoms with E-state index in [0.29, 0.717) is 12.1 Å². The molecule has 1 amide bonds. The summed E-state index contributed by atoms with van der Waals surface area (Å²) >= 11 is 0. The lowest BCUT2D eigenvalue weighted by Crippen LogP contribution is -2.46. The van der Waals surface area contributed by atoms with Crippen LogP contribution in [0.2, 0.25) is 0 Å².